The van der Waals surface area contributed by atoms with E-state index in [4.69, 9.17) is 5.41 Å². The number of nitrogens with one attached hydrogen (secondary N) is 1. The average molecular weight is 224 g/mol. The fraction of sp³-hybridized carbons (Fsp3) is 0.364. The van der Waals surface area contributed by atoms with E-state index in [0.717, 1.165) is 5.56 Å². The van der Waals surface area contributed by atoms with Gasteiger partial charge >= 0.3 is 0 Å². The van der Waals surface area contributed by atoms with Crippen LogP contribution in [0.2, 0.25) is 0 Å². The molecule has 0 bridgehead atoms. The van der Waals surface area contributed by atoms with Crippen LogP contribution in [0.15, 0.2) is 24.3 Å². The zero-order chi connectivity index (χ0) is 11.5. The first-order chi connectivity index (χ1) is 6.91. The van der Waals surface area contributed by atoms with Gasteiger partial charge in [-0.1, -0.05) is 24.3 Å². The largest absolute Gasteiger partial charge is 0.305 e. The van der Waals surface area contributed by atoms with Gasteiger partial charge < -0.3 is 5.41 Å². The monoisotopic (exact) mass is 224 g/mol. The number of sulfone groups is 1. The molecule has 0 aromatic heterocycles. The molecule has 0 fully saturated rings. The highest BCUT2D eigenvalue weighted by Crippen LogP contribution is 2.09. The van der Waals surface area contributed by atoms with Crippen molar-refractivity contribution >= 4 is 15.5 Å². The lowest BCUT2D eigenvalue weighted by Gasteiger charge is -2.10. The van der Waals surface area contributed by atoms with Crippen molar-refractivity contribution in [2.45, 2.75) is 18.6 Å². The van der Waals surface area contributed by atoms with Gasteiger partial charge in [-0.05, 0) is 18.6 Å². The van der Waals surface area contributed by atoms with Crippen molar-refractivity contribution in [3.05, 3.63) is 35.9 Å². The topological polar surface area (TPSA) is 58.0 Å². The summed E-state index contributed by atoms with van der Waals surface area (Å²) in [5.41, 5.74) is 1.10. The van der Waals surface area contributed by atoms with E-state index < -0.39 is 15.1 Å². The maximum atomic E-state index is 11.2. The SMILES string of the molecule is CC(CC(=N)c1cc[c]cc1)S(C)(=O)=O. The molecule has 81 valence electrons. The van der Waals surface area contributed by atoms with Crippen LogP contribution in [0.4, 0.5) is 0 Å². The van der Waals surface area contributed by atoms with Crippen LogP contribution in [0.1, 0.15) is 18.9 Å². The smallest absolute Gasteiger partial charge is 0.150 e. The van der Waals surface area contributed by atoms with Gasteiger partial charge in [-0.15, -0.1) is 0 Å². The maximum absolute atomic E-state index is 11.2. The van der Waals surface area contributed by atoms with Crippen molar-refractivity contribution in [2.75, 3.05) is 6.26 Å². The van der Waals surface area contributed by atoms with E-state index in [1.165, 1.54) is 6.26 Å². The van der Waals surface area contributed by atoms with Crippen molar-refractivity contribution in [1.29, 1.82) is 5.41 Å². The highest BCUT2D eigenvalue weighted by atomic mass is 32.2. The van der Waals surface area contributed by atoms with Crippen LogP contribution in [0.5, 0.6) is 0 Å². The fourth-order valence-electron chi connectivity index (χ4n) is 1.14. The van der Waals surface area contributed by atoms with Crippen LogP contribution in [0.25, 0.3) is 0 Å². The molecule has 0 amide bonds. The molecule has 3 nitrogen and oxygen atoms in total. The lowest BCUT2D eigenvalue weighted by molar-refractivity contribution is 0.591. The highest BCUT2D eigenvalue weighted by molar-refractivity contribution is 7.91. The molecule has 0 aliphatic rings. The minimum atomic E-state index is -3.05. The Kier molecular flexibility index (Phi) is 3.63. The molecule has 1 aromatic rings. The summed E-state index contributed by atoms with van der Waals surface area (Å²) < 4.78 is 22.4. The first-order valence-corrected chi connectivity index (χ1v) is 6.59. The predicted octanol–water partition coefficient (Wildman–Crippen LogP) is 1.68. The van der Waals surface area contributed by atoms with Gasteiger partial charge in [0.1, 0.15) is 9.84 Å². The number of benzene rings is 1. The van der Waals surface area contributed by atoms with Gasteiger partial charge in [-0.2, -0.15) is 0 Å². The number of hydrogen-bond acceptors (Lipinski definition) is 3. The maximum Gasteiger partial charge on any atom is 0.150 e. The standard InChI is InChI=1S/C11H14NO2S/c1-9(15(2,13)14)8-11(12)10-6-4-3-5-7-10/h4-7,9,12H,8H2,1-2H3. The normalized spacial score (nSPS) is 13.5. The van der Waals surface area contributed by atoms with E-state index in [2.05, 4.69) is 6.07 Å². The van der Waals surface area contributed by atoms with Crippen LogP contribution < -0.4 is 0 Å². The van der Waals surface area contributed by atoms with Crippen LogP contribution in [0, 0.1) is 11.5 Å². The molecule has 1 N–H and O–H groups in total. The first kappa shape index (κ1) is 11.9. The molecule has 15 heavy (non-hydrogen) atoms. The minimum Gasteiger partial charge on any atom is -0.305 e. The Labute approximate surface area is 90.6 Å². The van der Waals surface area contributed by atoms with Crippen LogP contribution in [-0.2, 0) is 9.84 Å². The Morgan fingerprint density at radius 2 is 2.00 bits per heavy atom. The Hall–Kier alpha value is -1.16. The average Bonchev–Trinajstić information content (AvgIpc) is 2.17. The van der Waals surface area contributed by atoms with E-state index in [-0.39, 0.29) is 6.42 Å². The van der Waals surface area contributed by atoms with E-state index in [9.17, 15) is 8.42 Å². The van der Waals surface area contributed by atoms with Gasteiger partial charge in [-0.25, -0.2) is 8.42 Å². The Bertz CT molecular complexity index is 437. The number of rotatable bonds is 4. The summed E-state index contributed by atoms with van der Waals surface area (Å²) in [6, 6.07) is 9.81. The molecule has 1 aromatic carbocycles. The number of hydrogen-bond donors (Lipinski definition) is 1. The molecule has 4 heteroatoms. The van der Waals surface area contributed by atoms with Crippen LogP contribution in [0.3, 0.4) is 0 Å². The Morgan fingerprint density at radius 3 is 2.47 bits per heavy atom. The quantitative estimate of drug-likeness (QED) is 0.791. The van der Waals surface area contributed by atoms with E-state index in [0.29, 0.717) is 5.71 Å². The second kappa shape index (κ2) is 4.57. The second-order valence-corrected chi connectivity index (χ2v) is 6.08. The van der Waals surface area contributed by atoms with E-state index in [1.54, 1.807) is 31.2 Å². The predicted molar refractivity (Wildman–Crippen MR) is 61.0 cm³/mol. The van der Waals surface area contributed by atoms with E-state index in [1.807, 2.05) is 0 Å². The second-order valence-electron chi connectivity index (χ2n) is 3.61. The Morgan fingerprint density at radius 1 is 1.47 bits per heavy atom. The molecular formula is C11H14NO2S. The summed E-state index contributed by atoms with van der Waals surface area (Å²) >= 11 is 0. The summed E-state index contributed by atoms with van der Waals surface area (Å²) in [7, 11) is -3.05. The molecule has 1 unspecified atom stereocenters. The van der Waals surface area contributed by atoms with Crippen molar-refractivity contribution in [3.63, 3.8) is 0 Å². The lowest BCUT2D eigenvalue weighted by Crippen LogP contribution is -2.20. The lowest BCUT2D eigenvalue weighted by atomic mass is 10.1. The van der Waals surface area contributed by atoms with Gasteiger partial charge in [0, 0.05) is 18.4 Å². The molecule has 0 heterocycles. The zero-order valence-corrected chi connectivity index (χ0v) is 9.64. The van der Waals surface area contributed by atoms with Gasteiger partial charge in [-0.3, -0.25) is 0 Å². The summed E-state index contributed by atoms with van der Waals surface area (Å²) in [6.45, 7) is 1.62. The molecule has 1 atom stereocenters. The van der Waals surface area contributed by atoms with Crippen molar-refractivity contribution in [3.8, 4) is 0 Å². The van der Waals surface area contributed by atoms with Gasteiger partial charge in [0.15, 0.2) is 0 Å². The summed E-state index contributed by atoms with van der Waals surface area (Å²) in [6.07, 6.45) is 1.45. The van der Waals surface area contributed by atoms with Gasteiger partial charge in [0.05, 0.1) is 5.25 Å². The van der Waals surface area contributed by atoms with Gasteiger partial charge in [0.2, 0.25) is 0 Å². The van der Waals surface area contributed by atoms with E-state index >= 15 is 0 Å². The molecule has 0 aliphatic carbocycles. The molecule has 0 saturated heterocycles. The van der Waals surface area contributed by atoms with Crippen molar-refractivity contribution < 1.29 is 8.42 Å². The molecule has 1 rings (SSSR count). The molecule has 0 aliphatic heterocycles. The third kappa shape index (κ3) is 3.47. The van der Waals surface area contributed by atoms with Crippen molar-refractivity contribution in [1.82, 2.24) is 0 Å². The zero-order valence-electron chi connectivity index (χ0n) is 8.82. The minimum absolute atomic E-state index is 0.253. The molecule has 0 spiro atoms. The van der Waals surface area contributed by atoms with Crippen molar-refractivity contribution in [2.24, 2.45) is 0 Å². The summed E-state index contributed by atoms with van der Waals surface area (Å²) in [5, 5.41) is 7.26. The first-order valence-electron chi connectivity index (χ1n) is 4.64. The summed E-state index contributed by atoms with van der Waals surface area (Å²) in [5.74, 6) is 0. The van der Waals surface area contributed by atoms with Gasteiger partial charge in [0.25, 0.3) is 0 Å². The molecule has 0 saturated carbocycles. The Balaban J connectivity index is 2.74. The van der Waals surface area contributed by atoms with Crippen LogP contribution in [-0.4, -0.2) is 25.6 Å². The molecule has 1 radical (unpaired) electrons. The third-order valence-electron chi connectivity index (χ3n) is 2.29. The summed E-state index contributed by atoms with van der Waals surface area (Å²) in [4.78, 5) is 0. The highest BCUT2D eigenvalue weighted by Gasteiger charge is 2.17. The fourth-order valence-corrected chi connectivity index (χ4v) is 1.61. The van der Waals surface area contributed by atoms with Crippen LogP contribution >= 0.6 is 0 Å². The third-order valence-corrected chi connectivity index (χ3v) is 3.92. The molecular weight excluding hydrogens is 210 g/mol.